The van der Waals surface area contributed by atoms with Gasteiger partial charge in [-0.25, -0.2) is 4.79 Å². The van der Waals surface area contributed by atoms with Crippen LogP contribution in [-0.2, 0) is 14.3 Å². The fourth-order valence-electron chi connectivity index (χ4n) is 1.18. The third-order valence-corrected chi connectivity index (χ3v) is 2.30. The van der Waals surface area contributed by atoms with Gasteiger partial charge in [-0.05, 0) is 7.05 Å². The maximum absolute atomic E-state index is 11.3. The lowest BCUT2D eigenvalue weighted by molar-refractivity contribution is -0.137. The van der Waals surface area contributed by atoms with Crippen molar-refractivity contribution in [2.75, 3.05) is 53.5 Å². The average Bonchev–Trinajstić information content (AvgIpc) is 2.40. The summed E-state index contributed by atoms with van der Waals surface area (Å²) < 4.78 is 4.92. The Kier molecular flexibility index (Phi) is 9.97. The minimum Gasteiger partial charge on any atom is -0.480 e. The van der Waals surface area contributed by atoms with Gasteiger partial charge < -0.3 is 30.7 Å². The van der Waals surface area contributed by atoms with Crippen LogP contribution in [0.3, 0.4) is 0 Å². The Balaban J connectivity index is 3.58. The number of nitrogens with one attached hydrogen (secondary N) is 3. The predicted octanol–water partition coefficient (Wildman–Crippen LogP) is -1.94. The summed E-state index contributed by atoms with van der Waals surface area (Å²) in [5.41, 5.74) is 0. The number of aliphatic carboxylic acids is 1. The van der Waals surface area contributed by atoms with Gasteiger partial charge >= 0.3 is 12.0 Å². The standard InChI is InChI=1S/C11H22N4O5/c1-15(5-6-20-2)4-3-12-11(19)14-7-9(16)13-8-10(17)18/h3-8H2,1-2H3,(H,13,16)(H,17,18)(H2,12,14,19). The van der Waals surface area contributed by atoms with Crippen molar-refractivity contribution in [2.45, 2.75) is 0 Å². The first-order chi connectivity index (χ1) is 9.45. The van der Waals surface area contributed by atoms with Crippen molar-refractivity contribution < 1.29 is 24.2 Å². The number of carbonyl (C=O) groups excluding carboxylic acids is 2. The van der Waals surface area contributed by atoms with Crippen LogP contribution >= 0.6 is 0 Å². The molecule has 0 radical (unpaired) electrons. The van der Waals surface area contributed by atoms with E-state index in [1.165, 1.54) is 0 Å². The number of hydrogen-bond acceptors (Lipinski definition) is 5. The molecule has 116 valence electrons. The molecule has 0 atom stereocenters. The number of carboxylic acids is 1. The van der Waals surface area contributed by atoms with Gasteiger partial charge in [-0.1, -0.05) is 0 Å². The Morgan fingerprint density at radius 2 is 1.80 bits per heavy atom. The lowest BCUT2D eigenvalue weighted by atomic mass is 10.5. The third-order valence-electron chi connectivity index (χ3n) is 2.30. The number of likely N-dealkylation sites (N-methyl/N-ethyl adjacent to an activating group) is 1. The van der Waals surface area contributed by atoms with Crippen molar-refractivity contribution in [1.82, 2.24) is 20.9 Å². The van der Waals surface area contributed by atoms with Gasteiger partial charge in [0.25, 0.3) is 0 Å². The number of urea groups is 1. The average molecular weight is 290 g/mol. The molecule has 0 unspecified atom stereocenters. The van der Waals surface area contributed by atoms with Gasteiger partial charge in [-0.3, -0.25) is 9.59 Å². The van der Waals surface area contributed by atoms with Crippen LogP contribution in [0.4, 0.5) is 4.79 Å². The van der Waals surface area contributed by atoms with E-state index in [9.17, 15) is 14.4 Å². The van der Waals surface area contributed by atoms with Crippen LogP contribution in [-0.4, -0.2) is 81.4 Å². The SMILES string of the molecule is COCCN(C)CCNC(=O)NCC(=O)NCC(=O)O. The van der Waals surface area contributed by atoms with Crippen LogP contribution < -0.4 is 16.0 Å². The molecule has 0 heterocycles. The molecular formula is C11H22N4O5. The molecule has 0 aliphatic carbocycles. The van der Waals surface area contributed by atoms with Gasteiger partial charge in [-0.2, -0.15) is 0 Å². The number of ether oxygens (including phenoxy) is 1. The summed E-state index contributed by atoms with van der Waals surface area (Å²) in [5.74, 6) is -1.69. The zero-order chi connectivity index (χ0) is 15.4. The summed E-state index contributed by atoms with van der Waals surface area (Å²) in [6, 6.07) is -0.476. The highest BCUT2D eigenvalue weighted by atomic mass is 16.5. The lowest BCUT2D eigenvalue weighted by Gasteiger charge is -2.16. The first kappa shape index (κ1) is 18.1. The lowest BCUT2D eigenvalue weighted by Crippen LogP contribution is -2.44. The molecular weight excluding hydrogens is 268 g/mol. The van der Waals surface area contributed by atoms with Crippen molar-refractivity contribution in [3.8, 4) is 0 Å². The minimum atomic E-state index is -1.14. The molecule has 20 heavy (non-hydrogen) atoms. The highest BCUT2D eigenvalue weighted by Crippen LogP contribution is 1.80. The van der Waals surface area contributed by atoms with Crippen molar-refractivity contribution in [3.63, 3.8) is 0 Å². The van der Waals surface area contributed by atoms with Crippen molar-refractivity contribution >= 4 is 17.9 Å². The Bertz CT molecular complexity index is 324. The number of carboxylic acid groups (broad SMARTS) is 1. The van der Waals surface area contributed by atoms with Crippen molar-refractivity contribution in [3.05, 3.63) is 0 Å². The molecule has 4 N–H and O–H groups in total. The Labute approximate surface area is 117 Å². The molecule has 3 amide bonds. The molecule has 0 aliphatic rings. The monoisotopic (exact) mass is 290 g/mol. The molecule has 0 aromatic rings. The van der Waals surface area contributed by atoms with Gasteiger partial charge in [0.2, 0.25) is 5.91 Å². The molecule has 0 bridgehead atoms. The Morgan fingerprint density at radius 1 is 1.10 bits per heavy atom. The van der Waals surface area contributed by atoms with E-state index in [1.54, 1.807) is 7.11 Å². The summed E-state index contributed by atoms with van der Waals surface area (Å²) in [6.07, 6.45) is 0. The van der Waals surface area contributed by atoms with Crippen LogP contribution in [0.2, 0.25) is 0 Å². The first-order valence-corrected chi connectivity index (χ1v) is 6.13. The Hall–Kier alpha value is -1.87. The van der Waals surface area contributed by atoms with E-state index in [0.29, 0.717) is 19.7 Å². The largest absolute Gasteiger partial charge is 0.480 e. The fraction of sp³-hybridized carbons (Fsp3) is 0.727. The van der Waals surface area contributed by atoms with Gasteiger partial charge in [0.1, 0.15) is 6.54 Å². The molecule has 0 fully saturated rings. The smallest absolute Gasteiger partial charge is 0.322 e. The number of hydrogen-bond donors (Lipinski definition) is 4. The second-order valence-electron chi connectivity index (χ2n) is 4.08. The van der Waals surface area contributed by atoms with Crippen LogP contribution in [0.5, 0.6) is 0 Å². The quantitative estimate of drug-likeness (QED) is 0.372. The normalized spacial score (nSPS) is 10.2. The predicted molar refractivity (Wildman–Crippen MR) is 71.4 cm³/mol. The van der Waals surface area contributed by atoms with Gasteiger partial charge in [0, 0.05) is 26.7 Å². The van der Waals surface area contributed by atoms with E-state index in [1.807, 2.05) is 11.9 Å². The van der Waals surface area contributed by atoms with Gasteiger partial charge in [0.15, 0.2) is 0 Å². The summed E-state index contributed by atoms with van der Waals surface area (Å²) >= 11 is 0. The van der Waals surface area contributed by atoms with E-state index in [4.69, 9.17) is 9.84 Å². The van der Waals surface area contributed by atoms with Crippen molar-refractivity contribution in [2.24, 2.45) is 0 Å². The fourth-order valence-corrected chi connectivity index (χ4v) is 1.18. The van der Waals surface area contributed by atoms with E-state index in [2.05, 4.69) is 16.0 Å². The molecule has 0 aliphatic heterocycles. The van der Waals surface area contributed by atoms with Crippen LogP contribution in [0.15, 0.2) is 0 Å². The molecule has 0 aromatic carbocycles. The molecule has 9 heteroatoms. The van der Waals surface area contributed by atoms with Crippen LogP contribution in [0.1, 0.15) is 0 Å². The molecule has 0 rings (SSSR count). The molecule has 0 saturated heterocycles. The summed E-state index contributed by atoms with van der Waals surface area (Å²) in [7, 11) is 3.52. The molecule has 0 aromatic heterocycles. The summed E-state index contributed by atoms with van der Waals surface area (Å²) in [5, 5.41) is 15.4. The second-order valence-corrected chi connectivity index (χ2v) is 4.08. The number of rotatable bonds is 10. The first-order valence-electron chi connectivity index (χ1n) is 6.13. The summed E-state index contributed by atoms with van der Waals surface area (Å²) in [4.78, 5) is 34.6. The zero-order valence-electron chi connectivity index (χ0n) is 11.8. The zero-order valence-corrected chi connectivity index (χ0v) is 11.8. The van der Waals surface area contributed by atoms with Gasteiger partial charge in [-0.15, -0.1) is 0 Å². The van der Waals surface area contributed by atoms with Gasteiger partial charge in [0.05, 0.1) is 13.2 Å². The highest BCUT2D eigenvalue weighted by Gasteiger charge is 2.06. The second kappa shape index (κ2) is 11.0. The third kappa shape index (κ3) is 11.2. The minimum absolute atomic E-state index is 0.265. The maximum atomic E-state index is 11.3. The highest BCUT2D eigenvalue weighted by molar-refractivity contribution is 5.86. The molecule has 9 nitrogen and oxygen atoms in total. The number of nitrogens with zero attached hydrogens (tertiary/aromatic N) is 1. The van der Waals surface area contributed by atoms with Crippen molar-refractivity contribution in [1.29, 1.82) is 0 Å². The topological polar surface area (TPSA) is 120 Å². The van der Waals surface area contributed by atoms with E-state index in [-0.39, 0.29) is 6.54 Å². The molecule has 0 spiro atoms. The Morgan fingerprint density at radius 3 is 2.40 bits per heavy atom. The summed E-state index contributed by atoms with van der Waals surface area (Å²) in [6.45, 7) is 1.74. The number of methoxy groups -OCH3 is 1. The number of carbonyl (C=O) groups is 3. The van der Waals surface area contributed by atoms with E-state index < -0.39 is 24.5 Å². The molecule has 0 saturated carbocycles. The van der Waals surface area contributed by atoms with E-state index >= 15 is 0 Å². The van der Waals surface area contributed by atoms with Crippen LogP contribution in [0.25, 0.3) is 0 Å². The van der Waals surface area contributed by atoms with Crippen LogP contribution in [0, 0.1) is 0 Å². The van der Waals surface area contributed by atoms with E-state index in [0.717, 1.165) is 6.54 Å². The number of amides is 3. The maximum Gasteiger partial charge on any atom is 0.322 e.